The number of benzene rings is 1. The Morgan fingerprint density at radius 1 is 1.41 bits per heavy atom. The molecule has 3 N–H and O–H groups in total. The third kappa shape index (κ3) is 4.13. The molecule has 1 unspecified atom stereocenters. The Kier molecular flexibility index (Phi) is 5.94. The van der Waals surface area contributed by atoms with E-state index in [0.29, 0.717) is 5.75 Å². The first-order valence-corrected chi connectivity index (χ1v) is 8.65. The second-order valence-electron chi connectivity index (χ2n) is 6.18. The number of carbonyl (C=O) groups is 1. The minimum Gasteiger partial charge on any atom is -0.495 e. The van der Waals surface area contributed by atoms with Crippen LogP contribution >= 0.6 is 11.6 Å². The van der Waals surface area contributed by atoms with Gasteiger partial charge in [-0.3, -0.25) is 9.79 Å². The Morgan fingerprint density at radius 2 is 2.17 bits per heavy atom. The summed E-state index contributed by atoms with van der Waals surface area (Å²) in [5.41, 5.74) is 2.68. The molecule has 11 heteroatoms. The summed E-state index contributed by atoms with van der Waals surface area (Å²) < 4.78 is 52.2. The summed E-state index contributed by atoms with van der Waals surface area (Å²) in [6, 6.07) is 4.60. The molecular weight excluding hydrogens is 413 g/mol. The summed E-state index contributed by atoms with van der Waals surface area (Å²) in [4.78, 5) is 20.1. The van der Waals surface area contributed by atoms with Gasteiger partial charge in [0.05, 0.1) is 24.9 Å². The molecule has 0 saturated carbocycles. The Hall–Kier alpha value is -2.85. The number of carbonyl (C=O) groups excluding carboxylic acids is 1. The first kappa shape index (κ1) is 20.9. The summed E-state index contributed by atoms with van der Waals surface area (Å²) in [5, 5.41) is 2.47. The van der Waals surface area contributed by atoms with E-state index < -0.39 is 35.9 Å². The maximum atomic E-state index is 14.4. The molecule has 1 aromatic carbocycles. The van der Waals surface area contributed by atoms with Crippen molar-refractivity contribution in [3.63, 3.8) is 0 Å². The molecule has 1 aliphatic rings. The normalized spacial score (nSPS) is 19.0. The van der Waals surface area contributed by atoms with Gasteiger partial charge in [0.1, 0.15) is 29.7 Å². The molecule has 0 spiro atoms. The van der Waals surface area contributed by atoms with E-state index in [1.54, 1.807) is 0 Å². The molecule has 1 atom stereocenters. The number of rotatable bonds is 5. The monoisotopic (exact) mass is 428 g/mol. The third-order valence-corrected chi connectivity index (χ3v) is 4.52. The molecule has 0 saturated heterocycles. The van der Waals surface area contributed by atoms with Crippen LogP contribution in [0.1, 0.15) is 16.1 Å². The lowest BCUT2D eigenvalue weighted by Gasteiger charge is -2.33. The van der Waals surface area contributed by atoms with Crippen molar-refractivity contribution >= 4 is 29.0 Å². The predicted octanol–water partition coefficient (Wildman–Crippen LogP) is 2.98. The van der Waals surface area contributed by atoms with Gasteiger partial charge in [-0.2, -0.15) is 0 Å². The van der Waals surface area contributed by atoms with E-state index in [-0.39, 0.29) is 28.8 Å². The number of amides is 1. The van der Waals surface area contributed by atoms with Gasteiger partial charge in [0, 0.05) is 17.3 Å². The van der Waals surface area contributed by atoms with Crippen LogP contribution in [0.5, 0.6) is 5.75 Å². The Morgan fingerprint density at radius 3 is 2.79 bits per heavy atom. The van der Waals surface area contributed by atoms with Crippen molar-refractivity contribution in [1.82, 2.24) is 4.98 Å². The standard InChI is InChI=1S/C18H16ClF3N4O3/c1-28-10-5-12(19)15(24-6-10)16(27)25-9-2-3-13(20)11(4-9)18(17(21)22)8-29-7-14(23)26-18/h2-6,17H,7-8H2,1H3,(H2,23,26)(H,25,27). The molecule has 0 radical (unpaired) electrons. The van der Waals surface area contributed by atoms with Gasteiger partial charge in [-0.05, 0) is 18.2 Å². The lowest BCUT2D eigenvalue weighted by molar-refractivity contribution is -0.0145. The van der Waals surface area contributed by atoms with E-state index in [1.165, 1.54) is 25.4 Å². The van der Waals surface area contributed by atoms with Crippen molar-refractivity contribution in [3.05, 3.63) is 52.6 Å². The zero-order valence-corrected chi connectivity index (χ0v) is 15.8. The summed E-state index contributed by atoms with van der Waals surface area (Å²) in [6.07, 6.45) is -1.81. The Labute approximate surface area is 168 Å². The maximum absolute atomic E-state index is 14.4. The highest BCUT2D eigenvalue weighted by Crippen LogP contribution is 2.38. The second kappa shape index (κ2) is 8.26. The number of halogens is 4. The average Bonchev–Trinajstić information content (AvgIpc) is 2.68. The molecule has 29 heavy (non-hydrogen) atoms. The van der Waals surface area contributed by atoms with Crippen LogP contribution in [-0.2, 0) is 10.3 Å². The number of amidine groups is 1. The number of nitrogens with zero attached hydrogens (tertiary/aromatic N) is 2. The molecule has 0 fully saturated rings. The summed E-state index contributed by atoms with van der Waals surface area (Å²) >= 11 is 6.02. The van der Waals surface area contributed by atoms with Gasteiger partial charge < -0.3 is 20.5 Å². The fourth-order valence-electron chi connectivity index (χ4n) is 2.82. The number of pyridine rings is 1. The van der Waals surface area contributed by atoms with Crippen LogP contribution in [0.2, 0.25) is 5.02 Å². The molecule has 0 aliphatic carbocycles. The van der Waals surface area contributed by atoms with Crippen LogP contribution in [0.15, 0.2) is 35.5 Å². The smallest absolute Gasteiger partial charge is 0.275 e. The van der Waals surface area contributed by atoms with E-state index in [0.717, 1.165) is 12.1 Å². The van der Waals surface area contributed by atoms with Gasteiger partial charge in [-0.1, -0.05) is 11.6 Å². The van der Waals surface area contributed by atoms with Gasteiger partial charge in [0.15, 0.2) is 5.54 Å². The quantitative estimate of drug-likeness (QED) is 0.762. The number of aliphatic imine (C=N–C) groups is 1. The fraction of sp³-hybridized carbons (Fsp3) is 0.278. The van der Waals surface area contributed by atoms with Gasteiger partial charge >= 0.3 is 0 Å². The number of ether oxygens (including phenoxy) is 2. The maximum Gasteiger partial charge on any atom is 0.275 e. The zero-order valence-electron chi connectivity index (χ0n) is 15.1. The summed E-state index contributed by atoms with van der Waals surface area (Å²) in [7, 11) is 1.41. The number of anilines is 1. The van der Waals surface area contributed by atoms with Crippen LogP contribution in [0.4, 0.5) is 18.9 Å². The Balaban J connectivity index is 1.95. The van der Waals surface area contributed by atoms with Crippen molar-refractivity contribution in [2.45, 2.75) is 12.0 Å². The highest BCUT2D eigenvalue weighted by atomic mass is 35.5. The van der Waals surface area contributed by atoms with Gasteiger partial charge in [0.2, 0.25) is 0 Å². The molecule has 3 rings (SSSR count). The third-order valence-electron chi connectivity index (χ3n) is 4.23. The van der Waals surface area contributed by atoms with Gasteiger partial charge in [-0.25, -0.2) is 18.2 Å². The predicted molar refractivity (Wildman–Crippen MR) is 100 cm³/mol. The molecule has 1 aliphatic heterocycles. The minimum atomic E-state index is -3.10. The summed E-state index contributed by atoms with van der Waals surface area (Å²) in [5.74, 6) is -1.49. The number of hydrogen-bond donors (Lipinski definition) is 2. The van der Waals surface area contributed by atoms with Crippen LogP contribution in [0.3, 0.4) is 0 Å². The number of nitrogens with two attached hydrogens (primary N) is 1. The molecular formula is C18H16ClF3N4O3. The first-order chi connectivity index (χ1) is 13.8. The van der Waals surface area contributed by atoms with Crippen LogP contribution in [-0.4, -0.2) is 43.5 Å². The van der Waals surface area contributed by atoms with E-state index >= 15 is 0 Å². The van der Waals surface area contributed by atoms with E-state index in [9.17, 15) is 18.0 Å². The molecule has 2 heterocycles. The van der Waals surface area contributed by atoms with Crippen molar-refractivity contribution in [1.29, 1.82) is 0 Å². The molecule has 2 aromatic rings. The molecule has 1 aromatic heterocycles. The van der Waals surface area contributed by atoms with Crippen molar-refractivity contribution < 1.29 is 27.4 Å². The van der Waals surface area contributed by atoms with Crippen molar-refractivity contribution in [2.75, 3.05) is 25.6 Å². The van der Waals surface area contributed by atoms with Crippen LogP contribution in [0.25, 0.3) is 0 Å². The fourth-order valence-corrected chi connectivity index (χ4v) is 3.07. The number of hydrogen-bond acceptors (Lipinski definition) is 6. The number of aromatic nitrogens is 1. The summed E-state index contributed by atoms with van der Waals surface area (Å²) in [6.45, 7) is -0.695. The number of nitrogens with one attached hydrogen (secondary N) is 1. The SMILES string of the molecule is COc1cnc(C(=O)Nc2ccc(F)c(C3(C(F)F)COCC(N)=N3)c2)c(Cl)c1. The molecule has 7 nitrogen and oxygen atoms in total. The van der Waals surface area contributed by atoms with Crippen LogP contribution in [0, 0.1) is 5.82 Å². The van der Waals surface area contributed by atoms with E-state index in [1.807, 2.05) is 0 Å². The largest absolute Gasteiger partial charge is 0.495 e. The van der Waals surface area contributed by atoms with E-state index in [2.05, 4.69) is 15.3 Å². The molecule has 1 amide bonds. The number of methoxy groups -OCH3 is 1. The Bertz CT molecular complexity index is 973. The highest BCUT2D eigenvalue weighted by molar-refractivity contribution is 6.34. The average molecular weight is 429 g/mol. The second-order valence-corrected chi connectivity index (χ2v) is 6.58. The minimum absolute atomic E-state index is 0.0197. The highest BCUT2D eigenvalue weighted by Gasteiger charge is 2.46. The lowest BCUT2D eigenvalue weighted by atomic mass is 9.90. The van der Waals surface area contributed by atoms with E-state index in [4.69, 9.17) is 26.8 Å². The first-order valence-electron chi connectivity index (χ1n) is 8.28. The van der Waals surface area contributed by atoms with Gasteiger partial charge in [0.25, 0.3) is 12.3 Å². The molecule has 0 bridgehead atoms. The number of alkyl halides is 2. The van der Waals surface area contributed by atoms with Gasteiger partial charge in [-0.15, -0.1) is 0 Å². The van der Waals surface area contributed by atoms with Crippen molar-refractivity contribution in [3.8, 4) is 5.75 Å². The lowest BCUT2D eigenvalue weighted by Crippen LogP contribution is -2.45. The topological polar surface area (TPSA) is 98.8 Å². The zero-order chi connectivity index (χ0) is 21.2. The molecule has 154 valence electrons. The van der Waals surface area contributed by atoms with Crippen LogP contribution < -0.4 is 15.8 Å². The van der Waals surface area contributed by atoms with Crippen molar-refractivity contribution in [2.24, 2.45) is 10.7 Å².